The maximum absolute atomic E-state index is 12.0. The molecule has 0 aliphatic carbocycles. The molecule has 0 saturated heterocycles. The Hall–Kier alpha value is -0.890. The van der Waals surface area contributed by atoms with Crippen LogP contribution in [0.25, 0.3) is 0 Å². The van der Waals surface area contributed by atoms with Crippen molar-refractivity contribution in [3.05, 3.63) is 19.8 Å². The lowest BCUT2D eigenvalue weighted by Gasteiger charge is -2.09. The molecule has 13 heteroatoms. The molecule has 0 saturated carbocycles. The Morgan fingerprint density at radius 1 is 1.47 bits per heavy atom. The number of rotatable bonds is 3. The van der Waals surface area contributed by atoms with Crippen LogP contribution in [0.5, 0.6) is 5.88 Å². The zero-order valence-electron chi connectivity index (χ0n) is 8.31. The molecular weight excluding hydrogens is 431 g/mol. The topological polar surface area (TPSA) is 99.4 Å². The molecule has 0 unspecified atom stereocenters. The molecule has 0 atom stereocenters. The van der Waals surface area contributed by atoms with Crippen molar-refractivity contribution < 1.29 is 31.2 Å². The minimum Gasteiger partial charge on any atom is -0.388 e. The molecule has 0 aliphatic rings. The quantitative estimate of drug-likeness (QED) is 0.315. The summed E-state index contributed by atoms with van der Waals surface area (Å²) < 4.78 is 61.0. The second kappa shape index (κ2) is 5.24. The molecule has 0 aromatic carbocycles. The fraction of sp³-hybridized carbons (Fsp3) is 0.167. The van der Waals surface area contributed by atoms with Crippen molar-refractivity contribution in [2.45, 2.75) is 11.4 Å². The highest BCUT2D eigenvalue weighted by atomic mass is 127. The average Bonchev–Trinajstić information content (AvgIpc) is 2.16. The molecule has 0 radical (unpaired) electrons. The molecular formula is C6HClF3IN2O5S. The fourth-order valence-electron chi connectivity index (χ4n) is 0.937. The van der Waals surface area contributed by atoms with E-state index >= 15 is 0 Å². The molecule has 1 aromatic heterocycles. The first-order chi connectivity index (χ1) is 8.42. The summed E-state index contributed by atoms with van der Waals surface area (Å²) in [6.45, 7) is 0. The molecule has 1 heterocycles. The molecule has 0 amide bonds. The molecule has 7 nitrogen and oxygen atoms in total. The van der Waals surface area contributed by atoms with Crippen LogP contribution in [-0.2, 0) is 9.05 Å². The number of nitro groups is 1. The summed E-state index contributed by atoms with van der Waals surface area (Å²) >= 11 is 1.23. The van der Waals surface area contributed by atoms with Gasteiger partial charge in [-0.25, -0.2) is 8.42 Å². The van der Waals surface area contributed by atoms with Crippen LogP contribution in [0.1, 0.15) is 0 Å². The second-order valence-corrected chi connectivity index (χ2v) is 6.40. The smallest absolute Gasteiger partial charge is 0.388 e. The number of nitrogens with zero attached hydrogens (tertiary/aromatic N) is 2. The lowest BCUT2D eigenvalue weighted by molar-refractivity contribution is -0.386. The Bertz CT molecular complexity index is 634. The third-order valence-electron chi connectivity index (χ3n) is 1.53. The van der Waals surface area contributed by atoms with Crippen LogP contribution in [-0.4, -0.2) is 24.7 Å². The molecule has 106 valence electrons. The highest BCUT2D eigenvalue weighted by molar-refractivity contribution is 14.1. The molecule has 0 N–H and O–H groups in total. The predicted molar refractivity (Wildman–Crippen MR) is 63.3 cm³/mol. The highest BCUT2D eigenvalue weighted by Gasteiger charge is 2.35. The normalized spacial score (nSPS) is 12.3. The van der Waals surface area contributed by atoms with Gasteiger partial charge in [0.15, 0.2) is 5.03 Å². The summed E-state index contributed by atoms with van der Waals surface area (Å²) in [6.07, 6.45) is -5.18. The van der Waals surface area contributed by atoms with Crippen LogP contribution in [0.2, 0.25) is 0 Å². The zero-order chi connectivity index (χ0) is 15.0. The van der Waals surface area contributed by atoms with Gasteiger partial charge in [0.05, 0.1) is 11.0 Å². The fourth-order valence-corrected chi connectivity index (χ4v) is 3.52. The van der Waals surface area contributed by atoms with Gasteiger partial charge in [-0.1, -0.05) is 0 Å². The Morgan fingerprint density at radius 2 is 2.00 bits per heavy atom. The van der Waals surface area contributed by atoms with E-state index in [9.17, 15) is 31.7 Å². The summed E-state index contributed by atoms with van der Waals surface area (Å²) in [5.74, 6) is -1.29. The number of hydrogen-bond donors (Lipinski definition) is 0. The lowest BCUT2D eigenvalue weighted by atomic mass is 10.4. The van der Waals surface area contributed by atoms with Crippen molar-refractivity contribution in [1.82, 2.24) is 4.98 Å². The lowest BCUT2D eigenvalue weighted by Crippen LogP contribution is -2.19. The Kier molecular flexibility index (Phi) is 4.46. The first-order valence-electron chi connectivity index (χ1n) is 3.97. The van der Waals surface area contributed by atoms with E-state index < -0.39 is 40.5 Å². The maximum atomic E-state index is 12.0. The molecule has 19 heavy (non-hydrogen) atoms. The van der Waals surface area contributed by atoms with Gasteiger partial charge in [0.25, 0.3) is 14.7 Å². The van der Waals surface area contributed by atoms with Crippen molar-refractivity contribution in [3.63, 3.8) is 0 Å². The SMILES string of the molecule is O=[N+]([O-])c1cc(OC(F)(F)F)nc(S(=O)(=O)Cl)c1I. The van der Waals surface area contributed by atoms with Crippen molar-refractivity contribution in [2.75, 3.05) is 0 Å². The van der Waals surface area contributed by atoms with Gasteiger partial charge in [0.2, 0.25) is 5.88 Å². The van der Waals surface area contributed by atoms with E-state index in [1.165, 1.54) is 22.6 Å². The minimum atomic E-state index is -5.18. The Labute approximate surface area is 121 Å². The summed E-state index contributed by atoms with van der Waals surface area (Å²) in [5, 5.41) is 9.54. The summed E-state index contributed by atoms with van der Waals surface area (Å²) in [4.78, 5) is 12.5. The van der Waals surface area contributed by atoms with E-state index in [0.29, 0.717) is 6.07 Å². The largest absolute Gasteiger partial charge is 0.574 e. The Balaban J connectivity index is 3.54. The number of pyridine rings is 1. The molecule has 1 rings (SSSR count). The van der Waals surface area contributed by atoms with Gasteiger partial charge in [0, 0.05) is 10.7 Å². The van der Waals surface area contributed by atoms with Gasteiger partial charge in [-0.05, 0) is 22.6 Å². The van der Waals surface area contributed by atoms with E-state index in [-0.39, 0.29) is 0 Å². The molecule has 0 fully saturated rings. The monoisotopic (exact) mass is 432 g/mol. The third kappa shape index (κ3) is 4.31. The van der Waals surface area contributed by atoms with Crippen molar-refractivity contribution >= 4 is 48.0 Å². The van der Waals surface area contributed by atoms with Crippen LogP contribution in [0.15, 0.2) is 11.1 Å². The zero-order valence-corrected chi connectivity index (χ0v) is 12.0. The van der Waals surface area contributed by atoms with Crippen LogP contribution < -0.4 is 4.74 Å². The number of hydrogen-bond acceptors (Lipinski definition) is 6. The molecule has 0 spiro atoms. The van der Waals surface area contributed by atoms with Crippen LogP contribution in [0, 0.1) is 13.7 Å². The third-order valence-corrected chi connectivity index (χ3v) is 4.16. The van der Waals surface area contributed by atoms with Crippen LogP contribution in [0.3, 0.4) is 0 Å². The van der Waals surface area contributed by atoms with E-state index in [1.807, 2.05) is 0 Å². The second-order valence-electron chi connectivity index (χ2n) is 2.84. The van der Waals surface area contributed by atoms with E-state index in [1.54, 1.807) is 0 Å². The van der Waals surface area contributed by atoms with Crippen molar-refractivity contribution in [3.8, 4) is 5.88 Å². The average molecular weight is 433 g/mol. The Morgan fingerprint density at radius 3 is 2.37 bits per heavy atom. The molecule has 0 aliphatic heterocycles. The summed E-state index contributed by atoms with van der Waals surface area (Å²) in [5.41, 5.74) is -0.922. The summed E-state index contributed by atoms with van der Waals surface area (Å²) in [6, 6.07) is 0.348. The van der Waals surface area contributed by atoms with E-state index in [2.05, 4.69) is 9.72 Å². The van der Waals surface area contributed by atoms with Gasteiger partial charge < -0.3 is 4.74 Å². The van der Waals surface area contributed by atoms with Gasteiger partial charge in [-0.2, -0.15) is 4.98 Å². The predicted octanol–water partition coefficient (Wildman–Crippen LogP) is 2.42. The van der Waals surface area contributed by atoms with Crippen LogP contribution >= 0.6 is 33.3 Å². The van der Waals surface area contributed by atoms with Crippen molar-refractivity contribution in [2.24, 2.45) is 0 Å². The van der Waals surface area contributed by atoms with Gasteiger partial charge in [-0.3, -0.25) is 10.1 Å². The first kappa shape index (κ1) is 16.2. The molecule has 1 aromatic rings. The van der Waals surface area contributed by atoms with Crippen molar-refractivity contribution in [1.29, 1.82) is 0 Å². The number of ether oxygens (including phenoxy) is 1. The highest BCUT2D eigenvalue weighted by Crippen LogP contribution is 2.33. The maximum Gasteiger partial charge on any atom is 0.574 e. The minimum absolute atomic E-state index is 0.348. The van der Waals surface area contributed by atoms with E-state index in [0.717, 1.165) is 0 Å². The van der Waals surface area contributed by atoms with Crippen LogP contribution in [0.4, 0.5) is 18.9 Å². The first-order valence-corrected chi connectivity index (χ1v) is 7.36. The summed E-state index contributed by atoms with van der Waals surface area (Å²) in [7, 11) is 0.363. The number of aromatic nitrogens is 1. The van der Waals surface area contributed by atoms with Gasteiger partial charge in [0.1, 0.15) is 3.57 Å². The molecule has 0 bridgehead atoms. The standard InChI is InChI=1S/C6HClF3IN2O5S/c7-19(16,17)5-4(11)2(13(14)15)1-3(12-5)18-6(8,9)10/h1H. The van der Waals surface area contributed by atoms with E-state index in [4.69, 9.17) is 10.7 Å². The number of alkyl halides is 3. The number of halogens is 5. The van der Waals surface area contributed by atoms with Gasteiger partial charge in [-0.15, -0.1) is 13.2 Å². The van der Waals surface area contributed by atoms with Gasteiger partial charge >= 0.3 is 6.36 Å².